The summed E-state index contributed by atoms with van der Waals surface area (Å²) in [5.41, 5.74) is 25.1. The average molecular weight is 581 g/mol. The van der Waals surface area contributed by atoms with Gasteiger partial charge in [-0.05, 0) is 0 Å². The molecule has 17 heteroatoms. The maximum absolute atomic E-state index is 7.13. The number of halogens is 1. The third-order valence-electron chi connectivity index (χ3n) is 2.61. The van der Waals surface area contributed by atoms with Gasteiger partial charge < -0.3 is 45.9 Å². The maximum atomic E-state index is 7.13. The first-order valence-corrected chi connectivity index (χ1v) is 11.2. The van der Waals surface area contributed by atoms with E-state index in [4.69, 9.17) is 33.5 Å². The first-order chi connectivity index (χ1) is 13.9. The van der Waals surface area contributed by atoms with Crippen LogP contribution in [0.5, 0.6) is 0 Å². The van der Waals surface area contributed by atoms with Crippen molar-refractivity contribution in [2.75, 3.05) is 30.0 Å². The van der Waals surface area contributed by atoms with Gasteiger partial charge in [-0.3, -0.25) is 0 Å². The zero-order chi connectivity index (χ0) is 21.8. The quantitative estimate of drug-likeness (QED) is 0.123. The molecule has 4 heterocycles. The zero-order valence-electron chi connectivity index (χ0n) is 15.5. The number of nitrogen functional groups attached to an aromatic ring is 4. The van der Waals surface area contributed by atoms with Crippen LogP contribution >= 0.6 is 57.6 Å². The Morgan fingerprint density at radius 2 is 0.871 bits per heavy atom. The molecule has 0 aromatic carbocycles. The Hall–Kier alpha value is -1.74. The van der Waals surface area contributed by atoms with Crippen LogP contribution in [0.2, 0.25) is 0 Å². The molecule has 0 spiro atoms. The monoisotopic (exact) mass is 579 g/mol. The Labute approximate surface area is 215 Å². The molecule has 31 heavy (non-hydrogen) atoms. The molecule has 170 valence electrons. The van der Waals surface area contributed by atoms with E-state index in [1.165, 1.54) is 50.5 Å². The molecule has 4 aromatic heterocycles. The fourth-order valence-electron chi connectivity index (χ4n) is 1.62. The number of nitrogens with zero attached hydrogens (tertiary/aromatic N) is 5. The molecule has 4 rings (SSSR count). The second-order valence-electron chi connectivity index (χ2n) is 4.38. The van der Waals surface area contributed by atoms with Crippen molar-refractivity contribution in [2.24, 2.45) is 0 Å². The predicted octanol–water partition coefficient (Wildman–Crippen LogP) is 0.131. The Kier molecular flexibility index (Phi) is 17.1. The molecule has 0 amide bonds. The van der Waals surface area contributed by atoms with E-state index in [0.29, 0.717) is 20.5 Å². The van der Waals surface area contributed by atoms with Crippen LogP contribution < -0.4 is 35.3 Å². The van der Waals surface area contributed by atoms with Gasteiger partial charge in [0, 0.05) is 28.6 Å². The summed E-state index contributed by atoms with van der Waals surface area (Å²) in [6.45, 7) is 0. The Morgan fingerprint density at radius 3 is 0.968 bits per heavy atom. The van der Waals surface area contributed by atoms with Gasteiger partial charge in [0.1, 0.15) is 22.8 Å². The minimum Gasteiger partial charge on any atom is -1.00 e. The predicted molar refractivity (Wildman–Crippen MR) is 128 cm³/mol. The van der Waals surface area contributed by atoms with Crippen molar-refractivity contribution in [1.82, 2.24) is 19.9 Å². The van der Waals surface area contributed by atoms with Crippen LogP contribution in [0.4, 0.5) is 20.5 Å². The first-order valence-electron chi connectivity index (χ1n) is 7.23. The van der Waals surface area contributed by atoms with Crippen LogP contribution in [-0.4, -0.2) is 37.3 Å². The number of thiocarbonyl (C=S) groups is 1. The van der Waals surface area contributed by atoms with Crippen molar-refractivity contribution in [3.8, 4) is 22.8 Å². The van der Waals surface area contributed by atoms with Gasteiger partial charge in [0.2, 0.25) is 0 Å². The molecule has 0 bridgehead atoms. The van der Waals surface area contributed by atoms with E-state index in [1.807, 2.05) is 21.5 Å². The number of aliphatic hydroxyl groups excluding tert-OH is 1. The number of nitrogens with two attached hydrogens (primary N) is 4. The van der Waals surface area contributed by atoms with Gasteiger partial charge in [-0.25, -0.2) is 19.9 Å². The standard InChI is InChI=1S/2C6H6N4S2.CNS.CH4O.ClH.Ni/c2*7-5-9-3(1-11-5)4-2-12-6(8)10-4;2-1-3;1-2;;/h2*1-2H,(H2,7,9)(H2,8,10);;2H,1H3;1H;/q;;-1;;;+2/p-1. The van der Waals surface area contributed by atoms with Crippen LogP contribution in [0.3, 0.4) is 0 Å². The number of aromatic nitrogens is 4. The molecule has 0 unspecified atom stereocenters. The first kappa shape index (κ1) is 31.4. The summed E-state index contributed by atoms with van der Waals surface area (Å²) >= 11 is 9.29. The Bertz CT molecular complexity index is 892. The molecule has 10 nitrogen and oxygen atoms in total. The molecule has 9 N–H and O–H groups in total. The zero-order valence-corrected chi connectivity index (χ0v) is 21.4. The molecular weight excluding hydrogens is 565 g/mol. The normalized spacial score (nSPS) is 8.45. The molecule has 0 radical (unpaired) electrons. The van der Waals surface area contributed by atoms with Gasteiger partial charge in [-0.15, -0.1) is 45.3 Å². The van der Waals surface area contributed by atoms with E-state index in [9.17, 15) is 0 Å². The Balaban J connectivity index is 0. The molecule has 4 aromatic rings. The molecule has 0 saturated carbocycles. The molecule has 0 fully saturated rings. The van der Waals surface area contributed by atoms with Crippen LogP contribution in [-0.2, 0) is 16.5 Å². The minimum atomic E-state index is 0. The van der Waals surface area contributed by atoms with Crippen molar-refractivity contribution < 1.29 is 34.0 Å². The van der Waals surface area contributed by atoms with E-state index >= 15 is 0 Å². The Morgan fingerprint density at radius 1 is 0.710 bits per heavy atom. The van der Waals surface area contributed by atoms with E-state index < -0.39 is 0 Å². The van der Waals surface area contributed by atoms with E-state index in [-0.39, 0.29) is 28.9 Å². The summed E-state index contributed by atoms with van der Waals surface area (Å²) in [6, 6.07) is 0. The minimum absolute atomic E-state index is 0. The largest absolute Gasteiger partial charge is 2.00 e. The van der Waals surface area contributed by atoms with Gasteiger partial charge >= 0.3 is 16.5 Å². The van der Waals surface area contributed by atoms with Crippen molar-refractivity contribution in [3.05, 3.63) is 26.9 Å². The van der Waals surface area contributed by atoms with Gasteiger partial charge in [-0.1, -0.05) is 12.2 Å². The second kappa shape index (κ2) is 16.9. The maximum Gasteiger partial charge on any atom is 2.00 e. The third kappa shape index (κ3) is 10.9. The molecule has 0 saturated heterocycles. The number of thiazole rings is 4. The molecule has 0 aliphatic carbocycles. The van der Waals surface area contributed by atoms with Crippen LogP contribution in [0.15, 0.2) is 21.5 Å². The van der Waals surface area contributed by atoms with E-state index in [2.05, 4.69) is 32.2 Å². The summed E-state index contributed by atoms with van der Waals surface area (Å²) in [5.74, 6) is 0. The topological polar surface area (TPSA) is 198 Å². The molecule has 0 atom stereocenters. The number of rotatable bonds is 2. The smallest absolute Gasteiger partial charge is 1.00 e. The fraction of sp³-hybridized carbons (Fsp3) is 0.0714. The van der Waals surface area contributed by atoms with Crippen LogP contribution in [0, 0.1) is 0 Å². The summed E-state index contributed by atoms with van der Waals surface area (Å²) in [7, 11) is 1.00. The van der Waals surface area contributed by atoms with Crippen LogP contribution in [0.25, 0.3) is 28.2 Å². The number of aliphatic hydroxyl groups is 1. The van der Waals surface area contributed by atoms with Crippen molar-refractivity contribution >= 4 is 83.3 Å². The van der Waals surface area contributed by atoms with Gasteiger partial charge in [-0.2, -0.15) is 5.16 Å². The molecule has 0 aliphatic rings. The third-order valence-corrected chi connectivity index (χ3v) is 5.31. The van der Waals surface area contributed by atoms with E-state index in [0.717, 1.165) is 29.9 Å². The summed E-state index contributed by atoms with van der Waals surface area (Å²) in [4.78, 5) is 16.3. The van der Waals surface area contributed by atoms with Gasteiger partial charge in [0.05, 0.1) is 0 Å². The molecule has 0 aliphatic heterocycles. The SMILES string of the molecule is CO.Nc1nc(-c2csc(N)n2)cs1.Nc1nc(-c2csc(N)n2)cs1.[Cl-].[N-]=C=S.[Ni+2]. The summed E-state index contributed by atoms with van der Waals surface area (Å²) in [5, 5.41) is 25.1. The van der Waals surface area contributed by atoms with E-state index in [1.54, 1.807) is 0 Å². The second-order valence-corrected chi connectivity index (χ2v) is 8.12. The van der Waals surface area contributed by atoms with Crippen LogP contribution in [0.1, 0.15) is 0 Å². The number of hydrogen-bond acceptors (Lipinski definition) is 14. The number of isothiocyanates is 1. The van der Waals surface area contributed by atoms with Gasteiger partial charge in [0.15, 0.2) is 20.5 Å². The van der Waals surface area contributed by atoms with Gasteiger partial charge in [0.25, 0.3) is 0 Å². The molecular formula is C14H16ClN9NiOS5. The van der Waals surface area contributed by atoms with Crippen molar-refractivity contribution in [1.29, 1.82) is 0 Å². The summed E-state index contributed by atoms with van der Waals surface area (Å²) < 4.78 is 0. The average Bonchev–Trinajstić information content (AvgIpc) is 3.47. The number of anilines is 4. The fourth-order valence-corrected chi connectivity index (χ4v) is 3.85. The van der Waals surface area contributed by atoms with Crippen molar-refractivity contribution in [2.45, 2.75) is 0 Å². The number of hydrogen-bond donors (Lipinski definition) is 5. The summed E-state index contributed by atoms with van der Waals surface area (Å²) in [6.07, 6.45) is 0. The van der Waals surface area contributed by atoms with Crippen molar-refractivity contribution in [3.63, 3.8) is 0 Å².